The van der Waals surface area contributed by atoms with Crippen molar-refractivity contribution < 1.29 is 37.6 Å². The molecule has 0 heterocycles. The Hall–Kier alpha value is -3.33. The standard InChI is InChI=1S/C63H108NO8P/c1-3-5-7-9-11-13-15-17-19-21-23-25-27-28-29-30-31-32-34-36-38-40-42-44-46-48-50-52-54-56-63(66)72-61(60-71-73(67,68)70-58-57-64)59-69-62(65)55-53-51-49-47-45-43-41-39-37-35-33-26-24-22-20-18-16-14-12-10-8-6-4-2/h5,7,11,13,16-19,22-25,28-29,31-33,35,61H,3-4,6,8-10,12,14-15,20-21,26-27,30,34,36-60,64H2,1-2H3,(H,67,68)/b7-5-,13-11-,18-16-,19-17-,24-22-,25-23-,29-28-,32-31-,35-33-. The zero-order valence-electron chi connectivity index (χ0n) is 46.6. The van der Waals surface area contributed by atoms with Gasteiger partial charge in [0.2, 0.25) is 0 Å². The van der Waals surface area contributed by atoms with Crippen LogP contribution in [0, 0.1) is 0 Å². The number of hydrogen-bond acceptors (Lipinski definition) is 8. The molecule has 0 aliphatic heterocycles. The summed E-state index contributed by atoms with van der Waals surface area (Å²) in [4.78, 5) is 35.2. The molecule has 0 aliphatic rings. The van der Waals surface area contributed by atoms with Gasteiger partial charge in [0.15, 0.2) is 6.10 Å². The lowest BCUT2D eigenvalue weighted by atomic mass is 10.0. The molecular weight excluding hydrogens is 930 g/mol. The summed E-state index contributed by atoms with van der Waals surface area (Å²) >= 11 is 0. The first-order valence-electron chi connectivity index (χ1n) is 29.4. The predicted octanol–water partition coefficient (Wildman–Crippen LogP) is 18.6. The minimum atomic E-state index is -4.40. The zero-order valence-corrected chi connectivity index (χ0v) is 47.5. The number of carbonyl (C=O) groups is 2. The normalized spacial score (nSPS) is 13.9. The summed E-state index contributed by atoms with van der Waals surface area (Å²) in [6.45, 7) is 3.61. The smallest absolute Gasteiger partial charge is 0.462 e. The monoisotopic (exact) mass is 1040 g/mol. The molecule has 0 rings (SSSR count). The van der Waals surface area contributed by atoms with Crippen molar-refractivity contribution in [2.45, 2.75) is 251 Å². The number of rotatable bonds is 54. The summed E-state index contributed by atoms with van der Waals surface area (Å²) in [6, 6.07) is 0. The van der Waals surface area contributed by atoms with Crippen LogP contribution >= 0.6 is 7.82 Å². The van der Waals surface area contributed by atoms with Crippen molar-refractivity contribution in [3.05, 3.63) is 109 Å². The highest BCUT2D eigenvalue weighted by molar-refractivity contribution is 7.47. The third-order valence-corrected chi connectivity index (χ3v) is 13.1. The quantitative estimate of drug-likeness (QED) is 0.0264. The molecule has 418 valence electrons. The number of hydrogen-bond donors (Lipinski definition) is 2. The van der Waals surface area contributed by atoms with E-state index >= 15 is 0 Å². The van der Waals surface area contributed by atoms with E-state index in [1.165, 1.54) is 103 Å². The molecule has 10 heteroatoms. The van der Waals surface area contributed by atoms with Gasteiger partial charge in [-0.2, -0.15) is 0 Å². The lowest BCUT2D eigenvalue weighted by Gasteiger charge is -2.19. The molecule has 0 aromatic heterocycles. The first kappa shape index (κ1) is 69.7. The largest absolute Gasteiger partial charge is 0.472 e. The van der Waals surface area contributed by atoms with Crippen LogP contribution in [-0.4, -0.2) is 49.3 Å². The molecular formula is C63H108NO8P. The summed E-state index contributed by atoms with van der Waals surface area (Å²) < 4.78 is 33.0. The number of esters is 2. The van der Waals surface area contributed by atoms with Crippen molar-refractivity contribution in [3.63, 3.8) is 0 Å². The molecule has 0 saturated heterocycles. The Balaban J connectivity index is 4.03. The summed E-state index contributed by atoms with van der Waals surface area (Å²) in [5, 5.41) is 0. The van der Waals surface area contributed by atoms with Crippen molar-refractivity contribution in [1.82, 2.24) is 0 Å². The third kappa shape index (κ3) is 57.8. The maximum absolute atomic E-state index is 12.7. The highest BCUT2D eigenvalue weighted by Gasteiger charge is 2.26. The van der Waals surface area contributed by atoms with Crippen LogP contribution in [0.5, 0.6) is 0 Å². The molecule has 0 radical (unpaired) electrons. The fourth-order valence-corrected chi connectivity index (χ4v) is 8.59. The van der Waals surface area contributed by atoms with E-state index in [-0.39, 0.29) is 32.6 Å². The second kappa shape index (κ2) is 57.9. The van der Waals surface area contributed by atoms with E-state index in [9.17, 15) is 19.0 Å². The van der Waals surface area contributed by atoms with E-state index in [0.29, 0.717) is 6.42 Å². The lowest BCUT2D eigenvalue weighted by molar-refractivity contribution is -0.161. The fraction of sp³-hybridized carbons (Fsp3) is 0.683. The highest BCUT2D eigenvalue weighted by Crippen LogP contribution is 2.43. The number of unbranched alkanes of at least 4 members (excludes halogenated alkanes) is 23. The van der Waals surface area contributed by atoms with Crippen molar-refractivity contribution in [3.8, 4) is 0 Å². The van der Waals surface area contributed by atoms with Crippen molar-refractivity contribution in [1.29, 1.82) is 0 Å². The molecule has 0 bridgehead atoms. The van der Waals surface area contributed by atoms with Gasteiger partial charge in [0.1, 0.15) is 6.61 Å². The van der Waals surface area contributed by atoms with Crippen molar-refractivity contribution in [2.24, 2.45) is 5.73 Å². The Kier molecular flexibility index (Phi) is 55.3. The molecule has 73 heavy (non-hydrogen) atoms. The average Bonchev–Trinajstić information content (AvgIpc) is 3.38. The Morgan fingerprint density at radius 3 is 1.12 bits per heavy atom. The Labute approximate surface area is 448 Å². The number of phosphoric ester groups is 1. The zero-order chi connectivity index (χ0) is 53.1. The van der Waals surface area contributed by atoms with Gasteiger partial charge in [0.25, 0.3) is 0 Å². The van der Waals surface area contributed by atoms with Crippen LogP contribution < -0.4 is 5.73 Å². The molecule has 2 atom stereocenters. The van der Waals surface area contributed by atoms with Gasteiger partial charge in [-0.05, 0) is 103 Å². The SMILES string of the molecule is CC/C=C\C/C=C\C/C=C\C/C=C\C/C=C\C/C=C\CCCCCCCCCCCCC(=O)OC(COC(=O)CCCCCCCCCC/C=C\C/C=C\C/C=C\CCCCCCC)COP(=O)(O)OCCN. The molecule has 0 aliphatic carbocycles. The number of nitrogens with two attached hydrogens (primary N) is 1. The molecule has 0 saturated carbocycles. The van der Waals surface area contributed by atoms with Crippen LogP contribution in [0.15, 0.2) is 109 Å². The van der Waals surface area contributed by atoms with Gasteiger partial charge in [-0.25, -0.2) is 4.57 Å². The molecule has 0 aromatic rings. The molecule has 2 unspecified atom stereocenters. The number of phosphoric acid groups is 1. The van der Waals surface area contributed by atoms with Crippen LogP contribution in [0.2, 0.25) is 0 Å². The molecule has 0 amide bonds. The summed E-state index contributed by atoms with van der Waals surface area (Å²) in [5.74, 6) is -0.844. The van der Waals surface area contributed by atoms with Crippen LogP contribution in [0.3, 0.4) is 0 Å². The van der Waals surface area contributed by atoms with Gasteiger partial charge in [0, 0.05) is 19.4 Å². The molecule has 9 nitrogen and oxygen atoms in total. The van der Waals surface area contributed by atoms with Gasteiger partial charge >= 0.3 is 19.8 Å². The lowest BCUT2D eigenvalue weighted by Crippen LogP contribution is -2.29. The number of carbonyl (C=O) groups excluding carboxylic acids is 2. The molecule has 0 fully saturated rings. The van der Waals surface area contributed by atoms with Crippen LogP contribution in [0.1, 0.15) is 245 Å². The van der Waals surface area contributed by atoms with Gasteiger partial charge < -0.3 is 20.1 Å². The van der Waals surface area contributed by atoms with Crippen LogP contribution in [0.25, 0.3) is 0 Å². The second-order valence-corrected chi connectivity index (χ2v) is 20.6. The van der Waals surface area contributed by atoms with Gasteiger partial charge in [-0.3, -0.25) is 18.6 Å². The highest BCUT2D eigenvalue weighted by atomic mass is 31.2. The van der Waals surface area contributed by atoms with E-state index < -0.39 is 32.5 Å². The maximum Gasteiger partial charge on any atom is 0.472 e. The van der Waals surface area contributed by atoms with E-state index in [0.717, 1.165) is 109 Å². The van der Waals surface area contributed by atoms with Crippen molar-refractivity contribution in [2.75, 3.05) is 26.4 Å². The average molecular weight is 1040 g/mol. The minimum absolute atomic E-state index is 0.0463. The number of allylic oxidation sites excluding steroid dienone is 18. The predicted molar refractivity (Wildman–Crippen MR) is 311 cm³/mol. The first-order valence-corrected chi connectivity index (χ1v) is 30.9. The summed E-state index contributed by atoms with van der Waals surface area (Å²) in [5.41, 5.74) is 5.38. The number of ether oxygens (including phenoxy) is 2. The second-order valence-electron chi connectivity index (χ2n) is 19.1. The van der Waals surface area contributed by atoms with Gasteiger partial charge in [-0.1, -0.05) is 239 Å². The molecule has 0 aromatic carbocycles. The summed E-state index contributed by atoms with van der Waals surface area (Å²) in [6.07, 6.45) is 78.5. The van der Waals surface area contributed by atoms with E-state index in [2.05, 4.69) is 123 Å². The van der Waals surface area contributed by atoms with Gasteiger partial charge in [0.05, 0.1) is 13.2 Å². The minimum Gasteiger partial charge on any atom is -0.462 e. The third-order valence-electron chi connectivity index (χ3n) is 12.1. The van der Waals surface area contributed by atoms with Crippen LogP contribution in [0.4, 0.5) is 0 Å². The van der Waals surface area contributed by atoms with Crippen LogP contribution in [-0.2, 0) is 32.7 Å². The Morgan fingerprint density at radius 1 is 0.425 bits per heavy atom. The maximum atomic E-state index is 12.7. The Bertz CT molecular complexity index is 1560. The molecule has 0 spiro atoms. The fourth-order valence-electron chi connectivity index (χ4n) is 7.82. The van der Waals surface area contributed by atoms with E-state index in [1.807, 2.05) is 0 Å². The van der Waals surface area contributed by atoms with E-state index in [1.54, 1.807) is 0 Å². The topological polar surface area (TPSA) is 134 Å². The van der Waals surface area contributed by atoms with Crippen molar-refractivity contribution >= 4 is 19.8 Å². The first-order chi connectivity index (χ1) is 35.8. The summed E-state index contributed by atoms with van der Waals surface area (Å²) in [7, 11) is -4.40. The Morgan fingerprint density at radius 2 is 0.753 bits per heavy atom. The van der Waals surface area contributed by atoms with E-state index in [4.69, 9.17) is 24.3 Å². The molecule has 3 N–H and O–H groups in total. The van der Waals surface area contributed by atoms with Gasteiger partial charge in [-0.15, -0.1) is 0 Å².